The van der Waals surface area contributed by atoms with E-state index in [1.54, 1.807) is 0 Å². The van der Waals surface area contributed by atoms with Gasteiger partial charge in [0.05, 0.1) is 0 Å². The molecule has 106 valence electrons. The minimum absolute atomic E-state index is 0.450. The summed E-state index contributed by atoms with van der Waals surface area (Å²) in [6.07, 6.45) is -0.986. The zero-order valence-electron chi connectivity index (χ0n) is 10.7. The molecule has 3 heterocycles. The first kappa shape index (κ1) is 13.2. The molecule has 2 aliphatic rings. The third-order valence-corrected chi connectivity index (χ3v) is 5.10. The Balaban J connectivity index is 1.78. The molecule has 0 saturated carbocycles. The van der Waals surface area contributed by atoms with Gasteiger partial charge in [-0.2, -0.15) is 13.2 Å². The molecule has 0 unspecified atom stereocenters. The van der Waals surface area contributed by atoms with Gasteiger partial charge in [0.15, 0.2) is 10.8 Å². The fourth-order valence-corrected chi connectivity index (χ4v) is 3.89. The van der Waals surface area contributed by atoms with E-state index >= 15 is 0 Å². The van der Waals surface area contributed by atoms with Crippen molar-refractivity contribution in [2.45, 2.75) is 37.5 Å². The summed E-state index contributed by atoms with van der Waals surface area (Å²) in [6, 6.07) is 1.03. The third-order valence-electron chi connectivity index (χ3n) is 4.20. The Kier molecular flexibility index (Phi) is 3.21. The molecule has 3 rings (SSSR count). The summed E-state index contributed by atoms with van der Waals surface area (Å²) in [5, 5.41) is 1.62. The lowest BCUT2D eigenvalue weighted by Crippen LogP contribution is -2.36. The van der Waals surface area contributed by atoms with Crippen molar-refractivity contribution in [3.05, 3.63) is 11.1 Å². The van der Waals surface area contributed by atoms with Crippen LogP contribution in [0.15, 0.2) is 5.38 Å². The zero-order chi connectivity index (χ0) is 13.6. The first-order valence-corrected chi connectivity index (χ1v) is 7.32. The van der Waals surface area contributed by atoms with Crippen LogP contribution in [0, 0.1) is 0 Å². The average molecular weight is 291 g/mol. The maximum absolute atomic E-state index is 12.6. The van der Waals surface area contributed by atoms with Gasteiger partial charge in [-0.1, -0.05) is 0 Å². The number of alkyl halides is 3. The van der Waals surface area contributed by atoms with E-state index in [0.29, 0.717) is 17.2 Å². The van der Waals surface area contributed by atoms with Gasteiger partial charge in [-0.25, -0.2) is 4.98 Å². The lowest BCUT2D eigenvalue weighted by molar-refractivity contribution is -0.140. The van der Waals surface area contributed by atoms with E-state index < -0.39 is 11.9 Å². The molecular formula is C12H16F3N3S. The average Bonchev–Trinajstić information content (AvgIpc) is 2.85. The highest BCUT2D eigenvalue weighted by atomic mass is 32.1. The lowest BCUT2D eigenvalue weighted by atomic mass is 10.1. The highest BCUT2D eigenvalue weighted by molar-refractivity contribution is 7.13. The van der Waals surface area contributed by atoms with Gasteiger partial charge in [-0.05, 0) is 26.3 Å². The summed E-state index contributed by atoms with van der Waals surface area (Å²) < 4.78 is 37.7. The van der Waals surface area contributed by atoms with Gasteiger partial charge in [-0.15, -0.1) is 11.3 Å². The molecule has 0 spiro atoms. The number of likely N-dealkylation sites (N-methyl/N-ethyl adjacent to an activating group) is 1. The van der Waals surface area contributed by atoms with E-state index in [9.17, 15) is 13.2 Å². The van der Waals surface area contributed by atoms with Crippen molar-refractivity contribution in [3.8, 4) is 0 Å². The van der Waals surface area contributed by atoms with Gasteiger partial charge in [0.1, 0.15) is 0 Å². The Morgan fingerprint density at radius 2 is 2.00 bits per heavy atom. The van der Waals surface area contributed by atoms with Gasteiger partial charge >= 0.3 is 6.18 Å². The number of thiazole rings is 1. The number of anilines is 1. The molecule has 2 fully saturated rings. The van der Waals surface area contributed by atoms with Crippen LogP contribution in [0.2, 0.25) is 0 Å². The second-order valence-electron chi connectivity index (χ2n) is 5.30. The number of rotatable bonds is 1. The summed E-state index contributed by atoms with van der Waals surface area (Å²) in [7, 11) is 2.12. The molecular weight excluding hydrogens is 275 g/mol. The van der Waals surface area contributed by atoms with Crippen molar-refractivity contribution in [1.82, 2.24) is 9.88 Å². The molecule has 1 aromatic heterocycles. The van der Waals surface area contributed by atoms with Gasteiger partial charge in [-0.3, -0.25) is 4.90 Å². The number of aromatic nitrogens is 1. The van der Waals surface area contributed by atoms with Crippen LogP contribution in [0.1, 0.15) is 25.0 Å². The largest absolute Gasteiger partial charge is 0.434 e. The smallest absolute Gasteiger partial charge is 0.346 e. The summed E-state index contributed by atoms with van der Waals surface area (Å²) in [4.78, 5) is 8.14. The number of hydrogen-bond donors (Lipinski definition) is 0. The number of fused-ring (bicyclic) bond motifs is 2. The SMILES string of the molecule is CN1[C@H]2CC[C@H]1CN(c1nc(C(F)(F)F)cs1)CC2. The van der Waals surface area contributed by atoms with Crippen LogP contribution in [0.4, 0.5) is 18.3 Å². The number of hydrogen-bond acceptors (Lipinski definition) is 4. The van der Waals surface area contributed by atoms with E-state index in [4.69, 9.17) is 0 Å². The van der Waals surface area contributed by atoms with E-state index in [1.165, 1.54) is 6.42 Å². The number of nitrogens with zero attached hydrogens (tertiary/aromatic N) is 3. The Morgan fingerprint density at radius 1 is 1.26 bits per heavy atom. The Morgan fingerprint density at radius 3 is 2.68 bits per heavy atom. The van der Waals surface area contributed by atoms with E-state index in [0.717, 1.165) is 42.6 Å². The summed E-state index contributed by atoms with van der Waals surface area (Å²) in [6.45, 7) is 1.59. The van der Waals surface area contributed by atoms with Crippen LogP contribution < -0.4 is 4.90 Å². The molecule has 2 saturated heterocycles. The molecule has 0 radical (unpaired) electrons. The van der Waals surface area contributed by atoms with Crippen LogP contribution in [0.5, 0.6) is 0 Å². The van der Waals surface area contributed by atoms with Crippen LogP contribution in [-0.2, 0) is 6.18 Å². The predicted octanol–water partition coefficient (Wildman–Crippen LogP) is 2.83. The minimum atomic E-state index is -4.34. The van der Waals surface area contributed by atoms with Crippen molar-refractivity contribution in [2.75, 3.05) is 25.0 Å². The van der Waals surface area contributed by atoms with E-state index in [2.05, 4.69) is 16.9 Å². The molecule has 2 aliphatic heterocycles. The molecule has 2 atom stereocenters. The maximum atomic E-state index is 12.6. The maximum Gasteiger partial charge on any atom is 0.434 e. The molecule has 2 bridgehead atoms. The Bertz CT molecular complexity index is 459. The second kappa shape index (κ2) is 4.63. The quantitative estimate of drug-likeness (QED) is 0.793. The van der Waals surface area contributed by atoms with E-state index in [1.807, 2.05) is 4.90 Å². The van der Waals surface area contributed by atoms with Crippen molar-refractivity contribution in [2.24, 2.45) is 0 Å². The molecule has 0 amide bonds. The predicted molar refractivity (Wildman–Crippen MR) is 68.5 cm³/mol. The molecule has 7 heteroatoms. The Labute approximate surface area is 114 Å². The summed E-state index contributed by atoms with van der Waals surface area (Å²) >= 11 is 1.10. The van der Waals surface area contributed by atoms with Gasteiger partial charge < -0.3 is 4.90 Å². The molecule has 0 aromatic carbocycles. The number of halogens is 3. The van der Waals surface area contributed by atoms with Crippen LogP contribution in [0.25, 0.3) is 0 Å². The van der Waals surface area contributed by atoms with Crippen molar-refractivity contribution >= 4 is 16.5 Å². The van der Waals surface area contributed by atoms with Gasteiger partial charge in [0.25, 0.3) is 0 Å². The molecule has 19 heavy (non-hydrogen) atoms. The van der Waals surface area contributed by atoms with Gasteiger partial charge in [0, 0.05) is 30.6 Å². The monoisotopic (exact) mass is 291 g/mol. The molecule has 0 N–H and O–H groups in total. The van der Waals surface area contributed by atoms with Crippen LogP contribution in [-0.4, -0.2) is 42.1 Å². The standard InChI is InChI=1S/C12H16F3N3S/c1-17-8-2-3-9(17)6-18(5-4-8)11-16-10(7-19-11)12(13,14)15/h7-9H,2-6H2,1H3/t8-,9-/m0/s1. The fourth-order valence-electron chi connectivity index (χ4n) is 3.02. The lowest BCUT2D eigenvalue weighted by Gasteiger charge is -2.25. The fraction of sp³-hybridized carbons (Fsp3) is 0.750. The van der Waals surface area contributed by atoms with Crippen molar-refractivity contribution in [1.29, 1.82) is 0 Å². The topological polar surface area (TPSA) is 19.4 Å². The highest BCUT2D eigenvalue weighted by Crippen LogP contribution is 2.35. The zero-order valence-corrected chi connectivity index (χ0v) is 11.5. The van der Waals surface area contributed by atoms with Crippen LogP contribution in [0.3, 0.4) is 0 Å². The van der Waals surface area contributed by atoms with Crippen molar-refractivity contribution < 1.29 is 13.2 Å². The summed E-state index contributed by atoms with van der Waals surface area (Å²) in [5.41, 5.74) is -0.768. The van der Waals surface area contributed by atoms with E-state index in [-0.39, 0.29) is 0 Å². The van der Waals surface area contributed by atoms with Gasteiger partial charge in [0.2, 0.25) is 0 Å². The first-order chi connectivity index (χ1) is 8.95. The minimum Gasteiger partial charge on any atom is -0.346 e. The van der Waals surface area contributed by atoms with Crippen LogP contribution >= 0.6 is 11.3 Å². The third kappa shape index (κ3) is 2.45. The van der Waals surface area contributed by atoms with Crippen molar-refractivity contribution in [3.63, 3.8) is 0 Å². The highest BCUT2D eigenvalue weighted by Gasteiger charge is 2.37. The Hall–Kier alpha value is -0.820. The molecule has 0 aliphatic carbocycles. The first-order valence-electron chi connectivity index (χ1n) is 6.45. The summed E-state index contributed by atoms with van der Waals surface area (Å²) in [5.74, 6) is 0. The molecule has 3 nitrogen and oxygen atoms in total. The normalized spacial score (nSPS) is 28.7. The second-order valence-corrected chi connectivity index (χ2v) is 6.13. The molecule has 1 aromatic rings.